The molecule has 0 rings (SSSR count). The van der Waals surface area contributed by atoms with Gasteiger partial charge in [0.25, 0.3) is 0 Å². The van der Waals surface area contributed by atoms with Crippen LogP contribution in [0, 0.1) is 10.8 Å². The van der Waals surface area contributed by atoms with E-state index in [2.05, 4.69) is 27.7 Å². The molecule has 0 bridgehead atoms. The summed E-state index contributed by atoms with van der Waals surface area (Å²) in [5.74, 6) is 0. The van der Waals surface area contributed by atoms with Gasteiger partial charge in [0, 0.05) is 13.7 Å². The molecule has 0 saturated carbocycles. The molecule has 1 unspecified atom stereocenters. The molecule has 0 heterocycles. The average Bonchev–Trinajstić information content (AvgIpc) is 1.86. The van der Waals surface area contributed by atoms with E-state index in [4.69, 9.17) is 9.84 Å². The summed E-state index contributed by atoms with van der Waals surface area (Å²) in [5, 5.41) is 8.94. The SMILES string of the molecule is COCC(C)(CCO)C(C)(C)C. The molecule has 0 aromatic heterocycles. The van der Waals surface area contributed by atoms with Crippen molar-refractivity contribution in [2.45, 2.75) is 34.1 Å². The van der Waals surface area contributed by atoms with Gasteiger partial charge in [0.05, 0.1) is 6.61 Å². The molecule has 0 saturated heterocycles. The summed E-state index contributed by atoms with van der Waals surface area (Å²) in [6.45, 7) is 9.64. The fraction of sp³-hybridized carbons (Fsp3) is 1.00. The van der Waals surface area contributed by atoms with E-state index in [1.54, 1.807) is 7.11 Å². The van der Waals surface area contributed by atoms with Crippen LogP contribution in [0.25, 0.3) is 0 Å². The molecule has 12 heavy (non-hydrogen) atoms. The zero-order chi connectivity index (χ0) is 9.83. The maximum absolute atomic E-state index is 8.94. The highest BCUT2D eigenvalue weighted by molar-refractivity contribution is 4.85. The first-order valence-electron chi connectivity index (χ1n) is 4.47. The van der Waals surface area contributed by atoms with Crippen LogP contribution in [0.5, 0.6) is 0 Å². The Hall–Kier alpha value is -0.0800. The molecule has 0 spiro atoms. The van der Waals surface area contributed by atoms with Crippen LogP contribution in [0.4, 0.5) is 0 Å². The van der Waals surface area contributed by atoms with Crippen LogP contribution >= 0.6 is 0 Å². The Balaban J connectivity index is 4.38. The van der Waals surface area contributed by atoms with Gasteiger partial charge in [-0.25, -0.2) is 0 Å². The van der Waals surface area contributed by atoms with Crippen molar-refractivity contribution in [3.63, 3.8) is 0 Å². The topological polar surface area (TPSA) is 29.5 Å². The average molecular weight is 174 g/mol. The number of hydrogen-bond acceptors (Lipinski definition) is 2. The highest BCUT2D eigenvalue weighted by Gasteiger charge is 2.36. The first kappa shape index (κ1) is 11.9. The summed E-state index contributed by atoms with van der Waals surface area (Å²) < 4.78 is 5.17. The van der Waals surface area contributed by atoms with Gasteiger partial charge in [-0.1, -0.05) is 27.7 Å². The van der Waals surface area contributed by atoms with Crippen molar-refractivity contribution in [1.82, 2.24) is 0 Å². The number of hydrogen-bond donors (Lipinski definition) is 1. The molecule has 0 aliphatic rings. The Bertz CT molecular complexity index is 118. The molecule has 2 heteroatoms. The third kappa shape index (κ3) is 2.76. The van der Waals surface area contributed by atoms with Gasteiger partial charge in [-0.05, 0) is 17.3 Å². The van der Waals surface area contributed by atoms with Crippen molar-refractivity contribution in [3.8, 4) is 0 Å². The highest BCUT2D eigenvalue weighted by atomic mass is 16.5. The van der Waals surface area contributed by atoms with Crippen LogP contribution < -0.4 is 0 Å². The fourth-order valence-corrected chi connectivity index (χ4v) is 1.23. The third-order valence-electron chi connectivity index (χ3n) is 2.94. The molecule has 74 valence electrons. The molecule has 0 aliphatic heterocycles. The molecule has 0 fully saturated rings. The molecule has 0 aromatic rings. The van der Waals surface area contributed by atoms with Gasteiger partial charge in [-0.2, -0.15) is 0 Å². The van der Waals surface area contributed by atoms with Crippen LogP contribution in [-0.2, 0) is 4.74 Å². The van der Waals surface area contributed by atoms with Crippen molar-refractivity contribution >= 4 is 0 Å². The summed E-state index contributed by atoms with van der Waals surface area (Å²) in [7, 11) is 1.71. The Morgan fingerprint density at radius 2 is 1.67 bits per heavy atom. The Kier molecular flexibility index (Phi) is 4.21. The van der Waals surface area contributed by atoms with Crippen molar-refractivity contribution in [2.75, 3.05) is 20.3 Å². The predicted molar refractivity (Wildman–Crippen MR) is 51.1 cm³/mol. The van der Waals surface area contributed by atoms with Crippen molar-refractivity contribution < 1.29 is 9.84 Å². The first-order chi connectivity index (χ1) is 5.37. The number of methoxy groups -OCH3 is 1. The Labute approximate surface area is 75.9 Å². The lowest BCUT2D eigenvalue weighted by Crippen LogP contribution is -2.37. The normalized spacial score (nSPS) is 17.5. The predicted octanol–water partition coefficient (Wildman–Crippen LogP) is 2.07. The molecular formula is C10H22O2. The summed E-state index contributed by atoms with van der Waals surface area (Å²) in [4.78, 5) is 0. The molecule has 0 aliphatic carbocycles. The molecule has 1 atom stereocenters. The number of aliphatic hydroxyl groups is 1. The van der Waals surface area contributed by atoms with Crippen LogP contribution in [0.2, 0.25) is 0 Å². The molecular weight excluding hydrogens is 152 g/mol. The van der Waals surface area contributed by atoms with E-state index in [0.717, 1.165) is 6.42 Å². The van der Waals surface area contributed by atoms with Gasteiger partial charge in [0.2, 0.25) is 0 Å². The van der Waals surface area contributed by atoms with E-state index in [1.165, 1.54) is 0 Å². The van der Waals surface area contributed by atoms with E-state index >= 15 is 0 Å². The second-order valence-electron chi connectivity index (χ2n) is 4.72. The minimum Gasteiger partial charge on any atom is -0.396 e. The van der Waals surface area contributed by atoms with Crippen LogP contribution in [0.1, 0.15) is 34.1 Å². The van der Waals surface area contributed by atoms with Gasteiger partial charge in [-0.3, -0.25) is 0 Å². The summed E-state index contributed by atoms with van der Waals surface area (Å²) in [6, 6.07) is 0. The number of aliphatic hydroxyl groups excluding tert-OH is 1. The van der Waals surface area contributed by atoms with Crippen LogP contribution in [-0.4, -0.2) is 25.4 Å². The van der Waals surface area contributed by atoms with Gasteiger partial charge in [0.15, 0.2) is 0 Å². The standard InChI is InChI=1S/C10H22O2/c1-9(2,3)10(4,6-7-11)8-12-5/h11H,6-8H2,1-5H3. The second-order valence-corrected chi connectivity index (χ2v) is 4.72. The minimum absolute atomic E-state index is 0.0660. The van der Waals surface area contributed by atoms with Gasteiger partial charge < -0.3 is 9.84 Å². The highest BCUT2D eigenvalue weighted by Crippen LogP contribution is 2.41. The fourth-order valence-electron chi connectivity index (χ4n) is 1.23. The zero-order valence-electron chi connectivity index (χ0n) is 8.98. The lowest BCUT2D eigenvalue weighted by atomic mass is 9.66. The van der Waals surface area contributed by atoms with Gasteiger partial charge >= 0.3 is 0 Å². The number of ether oxygens (including phenoxy) is 1. The van der Waals surface area contributed by atoms with Crippen molar-refractivity contribution in [1.29, 1.82) is 0 Å². The molecule has 1 N–H and O–H groups in total. The summed E-state index contributed by atoms with van der Waals surface area (Å²) >= 11 is 0. The summed E-state index contributed by atoms with van der Waals surface area (Å²) in [5.41, 5.74) is 0.238. The Morgan fingerprint density at radius 3 is 1.92 bits per heavy atom. The quantitative estimate of drug-likeness (QED) is 0.707. The van der Waals surface area contributed by atoms with E-state index < -0.39 is 0 Å². The number of rotatable bonds is 4. The van der Waals surface area contributed by atoms with Gasteiger partial charge in [-0.15, -0.1) is 0 Å². The van der Waals surface area contributed by atoms with Crippen LogP contribution in [0.3, 0.4) is 0 Å². The summed E-state index contributed by atoms with van der Waals surface area (Å²) in [6.07, 6.45) is 0.796. The monoisotopic (exact) mass is 174 g/mol. The zero-order valence-corrected chi connectivity index (χ0v) is 8.98. The van der Waals surface area contributed by atoms with E-state index in [-0.39, 0.29) is 17.4 Å². The van der Waals surface area contributed by atoms with Crippen molar-refractivity contribution in [3.05, 3.63) is 0 Å². The van der Waals surface area contributed by atoms with E-state index in [0.29, 0.717) is 6.61 Å². The molecule has 2 nitrogen and oxygen atoms in total. The van der Waals surface area contributed by atoms with E-state index in [1.807, 2.05) is 0 Å². The maximum Gasteiger partial charge on any atom is 0.0521 e. The molecule has 0 amide bonds. The van der Waals surface area contributed by atoms with E-state index in [9.17, 15) is 0 Å². The largest absolute Gasteiger partial charge is 0.396 e. The van der Waals surface area contributed by atoms with Gasteiger partial charge in [0.1, 0.15) is 0 Å². The minimum atomic E-state index is 0.0660. The smallest absolute Gasteiger partial charge is 0.0521 e. The second kappa shape index (κ2) is 4.24. The molecule has 0 radical (unpaired) electrons. The lowest BCUT2D eigenvalue weighted by molar-refractivity contribution is -0.00980. The third-order valence-corrected chi connectivity index (χ3v) is 2.94. The van der Waals surface area contributed by atoms with Crippen molar-refractivity contribution in [2.24, 2.45) is 10.8 Å². The first-order valence-corrected chi connectivity index (χ1v) is 4.47. The Morgan fingerprint density at radius 1 is 1.17 bits per heavy atom. The molecule has 0 aromatic carbocycles. The van der Waals surface area contributed by atoms with Crippen LogP contribution in [0.15, 0.2) is 0 Å². The lowest BCUT2D eigenvalue weighted by Gasteiger charge is -2.41. The maximum atomic E-state index is 8.94.